The monoisotopic (exact) mass is 230 g/mol. The smallest absolute Gasteiger partial charge is 0.550 e. The van der Waals surface area contributed by atoms with Crippen LogP contribution < -0.4 is 10.2 Å². The van der Waals surface area contributed by atoms with Gasteiger partial charge >= 0.3 is 23.1 Å². The molecule has 0 aromatic carbocycles. The SMILES string of the molecule is C[C@@H](O)CC(=O)[O-].C[C@@H](O)CC(=O)[O-].[Mg+2]. The van der Waals surface area contributed by atoms with E-state index in [1.165, 1.54) is 13.8 Å². The summed E-state index contributed by atoms with van der Waals surface area (Å²) in [6.07, 6.45) is -2.13. The van der Waals surface area contributed by atoms with Gasteiger partial charge in [0.15, 0.2) is 0 Å². The topological polar surface area (TPSA) is 121 Å². The summed E-state index contributed by atoms with van der Waals surface area (Å²) in [5.74, 6) is -2.43. The minimum Gasteiger partial charge on any atom is -0.550 e. The van der Waals surface area contributed by atoms with Crippen LogP contribution in [-0.2, 0) is 9.59 Å². The summed E-state index contributed by atoms with van der Waals surface area (Å²) in [7, 11) is 0. The number of hydrogen-bond acceptors (Lipinski definition) is 6. The molecule has 0 saturated carbocycles. The number of rotatable bonds is 4. The van der Waals surface area contributed by atoms with Crippen molar-refractivity contribution in [3.8, 4) is 0 Å². The van der Waals surface area contributed by atoms with Crippen LogP contribution in [0, 0.1) is 0 Å². The van der Waals surface area contributed by atoms with Crippen LogP contribution in [-0.4, -0.2) is 57.4 Å². The summed E-state index contributed by atoms with van der Waals surface area (Å²) in [6, 6.07) is 0. The zero-order chi connectivity index (χ0) is 11.7. The Morgan fingerprint density at radius 2 is 1.20 bits per heavy atom. The third-order valence-electron chi connectivity index (χ3n) is 0.924. The predicted molar refractivity (Wildman–Crippen MR) is 48.4 cm³/mol. The van der Waals surface area contributed by atoms with Gasteiger partial charge in [-0.3, -0.25) is 0 Å². The molecule has 15 heavy (non-hydrogen) atoms. The Morgan fingerprint density at radius 1 is 1.00 bits per heavy atom. The second-order valence-corrected chi connectivity index (χ2v) is 2.85. The van der Waals surface area contributed by atoms with E-state index in [2.05, 4.69) is 0 Å². The van der Waals surface area contributed by atoms with E-state index >= 15 is 0 Å². The van der Waals surface area contributed by atoms with E-state index in [1.54, 1.807) is 0 Å². The Bertz CT molecular complexity index is 160. The number of carboxylic acids is 2. The molecule has 7 heteroatoms. The fraction of sp³-hybridized carbons (Fsp3) is 0.750. The van der Waals surface area contributed by atoms with Gasteiger partial charge in [0.1, 0.15) is 0 Å². The fourth-order valence-electron chi connectivity index (χ4n) is 0.482. The zero-order valence-electron chi connectivity index (χ0n) is 8.80. The van der Waals surface area contributed by atoms with Gasteiger partial charge in [-0.2, -0.15) is 0 Å². The quantitative estimate of drug-likeness (QED) is 0.487. The van der Waals surface area contributed by atoms with Gasteiger partial charge in [0.25, 0.3) is 0 Å². The van der Waals surface area contributed by atoms with Crippen LogP contribution in [0.1, 0.15) is 26.7 Å². The van der Waals surface area contributed by atoms with Gasteiger partial charge in [0.05, 0.1) is 12.2 Å². The van der Waals surface area contributed by atoms with Crippen LogP contribution in [0.2, 0.25) is 0 Å². The molecule has 6 nitrogen and oxygen atoms in total. The maximum atomic E-state index is 9.54. The van der Waals surface area contributed by atoms with Gasteiger partial charge in [-0.1, -0.05) is 0 Å². The fourth-order valence-corrected chi connectivity index (χ4v) is 0.482. The Kier molecular flexibility index (Phi) is 15.7. The molecule has 84 valence electrons. The largest absolute Gasteiger partial charge is 2.00 e. The molecule has 0 spiro atoms. The minimum atomic E-state index is -1.21. The molecule has 2 atom stereocenters. The molecule has 0 radical (unpaired) electrons. The summed E-state index contributed by atoms with van der Waals surface area (Å²) in [5.41, 5.74) is 0. The molecule has 0 aliphatic heterocycles. The first-order chi connectivity index (χ1) is 6.25. The number of aliphatic hydroxyl groups is 2. The summed E-state index contributed by atoms with van der Waals surface area (Å²) in [4.78, 5) is 19.1. The number of carboxylic acid groups (broad SMARTS) is 2. The summed E-state index contributed by atoms with van der Waals surface area (Å²) >= 11 is 0. The van der Waals surface area contributed by atoms with Crippen molar-refractivity contribution in [1.82, 2.24) is 0 Å². The predicted octanol–water partition coefficient (Wildman–Crippen LogP) is -3.37. The van der Waals surface area contributed by atoms with Crippen LogP contribution in [0.3, 0.4) is 0 Å². The van der Waals surface area contributed by atoms with E-state index in [0.29, 0.717) is 0 Å². The molecule has 0 unspecified atom stereocenters. The number of carbonyl (C=O) groups is 2. The number of carbonyl (C=O) groups excluding carboxylic acids is 2. The summed E-state index contributed by atoms with van der Waals surface area (Å²) in [6.45, 7) is 2.80. The van der Waals surface area contributed by atoms with Crippen LogP contribution >= 0.6 is 0 Å². The molecule has 0 aromatic heterocycles. The van der Waals surface area contributed by atoms with Gasteiger partial charge < -0.3 is 30.0 Å². The standard InChI is InChI=1S/2C4H8O3.Mg/c2*1-3(5)2-4(6)7;/h2*3,5H,2H2,1H3,(H,6,7);/q;;+2/p-2/t2*3-;/m11./s1. The summed E-state index contributed by atoms with van der Waals surface area (Å²) in [5, 5.41) is 35.7. The Hall–Kier alpha value is -0.374. The molecule has 0 saturated heterocycles. The van der Waals surface area contributed by atoms with Crippen molar-refractivity contribution in [2.75, 3.05) is 0 Å². The third-order valence-corrected chi connectivity index (χ3v) is 0.924. The maximum absolute atomic E-state index is 9.54. The van der Waals surface area contributed by atoms with Crippen LogP contribution in [0.4, 0.5) is 0 Å². The molecular weight excluding hydrogens is 216 g/mol. The second-order valence-electron chi connectivity index (χ2n) is 2.85. The van der Waals surface area contributed by atoms with Gasteiger partial charge in [-0.25, -0.2) is 0 Å². The molecule has 0 amide bonds. The van der Waals surface area contributed by atoms with Gasteiger partial charge in [-0.15, -0.1) is 0 Å². The minimum absolute atomic E-state index is 0. The van der Waals surface area contributed by atoms with Crippen LogP contribution in [0.25, 0.3) is 0 Å². The van der Waals surface area contributed by atoms with E-state index in [-0.39, 0.29) is 35.9 Å². The first-order valence-electron chi connectivity index (χ1n) is 4.01. The Balaban J connectivity index is -0.000000180. The van der Waals surface area contributed by atoms with E-state index in [1.807, 2.05) is 0 Å². The molecule has 0 aliphatic rings. The van der Waals surface area contributed by atoms with Crippen molar-refractivity contribution in [3.05, 3.63) is 0 Å². The third kappa shape index (κ3) is 31.7. The first kappa shape index (κ1) is 20.1. The van der Waals surface area contributed by atoms with Crippen molar-refractivity contribution in [2.45, 2.75) is 38.9 Å². The molecule has 0 aromatic rings. The average Bonchev–Trinajstić information content (AvgIpc) is 1.79. The number of hydrogen-bond donors (Lipinski definition) is 2. The molecule has 0 fully saturated rings. The maximum Gasteiger partial charge on any atom is 2.00 e. The molecular formula is C8H14MgO6. The molecule has 0 bridgehead atoms. The van der Waals surface area contributed by atoms with E-state index in [9.17, 15) is 19.8 Å². The van der Waals surface area contributed by atoms with Crippen molar-refractivity contribution in [2.24, 2.45) is 0 Å². The zero-order valence-corrected chi connectivity index (χ0v) is 10.2. The van der Waals surface area contributed by atoms with E-state index in [0.717, 1.165) is 0 Å². The Labute approximate surface area is 104 Å². The van der Waals surface area contributed by atoms with Crippen LogP contribution in [0.15, 0.2) is 0 Å². The molecule has 0 aliphatic carbocycles. The van der Waals surface area contributed by atoms with Gasteiger partial charge in [0.2, 0.25) is 0 Å². The van der Waals surface area contributed by atoms with Crippen molar-refractivity contribution >= 4 is 35.0 Å². The van der Waals surface area contributed by atoms with Crippen molar-refractivity contribution in [3.63, 3.8) is 0 Å². The van der Waals surface area contributed by atoms with E-state index in [4.69, 9.17) is 10.2 Å². The van der Waals surface area contributed by atoms with Crippen molar-refractivity contribution in [1.29, 1.82) is 0 Å². The van der Waals surface area contributed by atoms with Crippen molar-refractivity contribution < 1.29 is 30.0 Å². The Morgan fingerprint density at radius 3 is 1.20 bits per heavy atom. The van der Waals surface area contributed by atoms with E-state index < -0.39 is 24.1 Å². The normalized spacial score (nSPS) is 12.5. The molecule has 0 heterocycles. The first-order valence-corrected chi connectivity index (χ1v) is 4.01. The summed E-state index contributed by atoms with van der Waals surface area (Å²) < 4.78 is 0. The van der Waals surface area contributed by atoms with Crippen LogP contribution in [0.5, 0.6) is 0 Å². The molecule has 2 N–H and O–H groups in total. The second kappa shape index (κ2) is 11.7. The van der Waals surface area contributed by atoms with Gasteiger partial charge in [0, 0.05) is 24.8 Å². The molecule has 0 rings (SSSR count). The van der Waals surface area contributed by atoms with Gasteiger partial charge in [-0.05, 0) is 13.8 Å². The number of aliphatic carboxylic acids is 2. The average molecular weight is 230 g/mol. The number of aliphatic hydroxyl groups excluding tert-OH is 2.